The van der Waals surface area contributed by atoms with Crippen LogP contribution in [0.4, 0.5) is 13.2 Å². The maximum atomic E-state index is 12.8. The number of ether oxygens (including phenoxy) is 1. The normalized spacial score (nSPS) is 26.1. The van der Waals surface area contributed by atoms with Gasteiger partial charge in [0.15, 0.2) is 0 Å². The second kappa shape index (κ2) is 9.13. The molecule has 3 nitrogen and oxygen atoms in total. The fourth-order valence-electron chi connectivity index (χ4n) is 4.95. The lowest BCUT2D eigenvalue weighted by Crippen LogP contribution is -2.38. The Hall–Kier alpha value is -1.82. The number of hydrogen-bond donors (Lipinski definition) is 0. The van der Waals surface area contributed by atoms with Crippen molar-refractivity contribution in [1.82, 2.24) is 9.88 Å². The van der Waals surface area contributed by atoms with Crippen LogP contribution in [0.3, 0.4) is 0 Å². The number of pyridine rings is 1. The van der Waals surface area contributed by atoms with Crippen LogP contribution in [-0.4, -0.2) is 34.8 Å². The number of rotatable bonds is 5. The molecule has 0 N–H and O–H groups in total. The van der Waals surface area contributed by atoms with E-state index >= 15 is 0 Å². The first-order valence-corrected chi connectivity index (χ1v) is 11.3. The summed E-state index contributed by atoms with van der Waals surface area (Å²) in [5.74, 6) is -0.460. The lowest BCUT2D eigenvalue weighted by atomic mass is 9.87. The standard InChI is InChI=1S/C24H31F3N2O/c1-2-20-5-3-4-14-29(20)16-19-9-6-17-15-22(12-13-23(17)28-19)30-21-10-7-18(8-11-21)24(25,26)27/h6,9,12-13,15,18,20-21H,2-5,7-8,10-11,14,16H2,1H3. The Morgan fingerprint density at radius 2 is 1.83 bits per heavy atom. The van der Waals surface area contributed by atoms with Crippen molar-refractivity contribution < 1.29 is 17.9 Å². The van der Waals surface area contributed by atoms with E-state index in [-0.39, 0.29) is 18.9 Å². The molecule has 2 heterocycles. The van der Waals surface area contributed by atoms with Crippen LogP contribution < -0.4 is 4.74 Å². The summed E-state index contributed by atoms with van der Waals surface area (Å²) in [7, 11) is 0. The molecule has 0 radical (unpaired) electrons. The number of nitrogens with zero attached hydrogens (tertiary/aromatic N) is 2. The SMILES string of the molecule is CCC1CCCCN1Cc1ccc2cc(OC3CCC(C(F)(F)F)CC3)ccc2n1. The molecule has 1 aromatic carbocycles. The molecule has 1 aromatic heterocycles. The van der Waals surface area contributed by atoms with Crippen LogP contribution >= 0.6 is 0 Å². The fourth-order valence-corrected chi connectivity index (χ4v) is 4.95. The molecule has 164 valence electrons. The quantitative estimate of drug-likeness (QED) is 0.552. The second-order valence-corrected chi connectivity index (χ2v) is 8.82. The van der Waals surface area contributed by atoms with Crippen molar-refractivity contribution in [2.45, 2.75) is 83.2 Å². The maximum absolute atomic E-state index is 12.8. The molecule has 1 saturated heterocycles. The van der Waals surface area contributed by atoms with Gasteiger partial charge in [-0.15, -0.1) is 0 Å². The van der Waals surface area contributed by atoms with Crippen LogP contribution in [0.2, 0.25) is 0 Å². The zero-order valence-corrected chi connectivity index (χ0v) is 17.6. The third-order valence-electron chi connectivity index (χ3n) is 6.74. The van der Waals surface area contributed by atoms with Crippen molar-refractivity contribution >= 4 is 10.9 Å². The molecular formula is C24H31F3N2O. The number of aromatic nitrogens is 1. The van der Waals surface area contributed by atoms with Crippen LogP contribution in [0.1, 0.15) is 64.0 Å². The average Bonchev–Trinajstić information content (AvgIpc) is 2.74. The lowest BCUT2D eigenvalue weighted by Gasteiger charge is -2.34. The molecule has 1 unspecified atom stereocenters. The number of benzene rings is 1. The first kappa shape index (κ1) is 21.4. The van der Waals surface area contributed by atoms with Crippen LogP contribution in [-0.2, 0) is 6.54 Å². The largest absolute Gasteiger partial charge is 0.490 e. The summed E-state index contributed by atoms with van der Waals surface area (Å²) < 4.78 is 44.5. The molecule has 1 aliphatic carbocycles. The summed E-state index contributed by atoms with van der Waals surface area (Å²) in [5, 5.41) is 1.01. The van der Waals surface area contributed by atoms with E-state index in [0.717, 1.165) is 35.4 Å². The Morgan fingerprint density at radius 1 is 1.03 bits per heavy atom. The summed E-state index contributed by atoms with van der Waals surface area (Å²) in [6.45, 7) is 4.28. The Morgan fingerprint density at radius 3 is 2.57 bits per heavy atom. The van der Waals surface area contributed by atoms with Crippen LogP contribution in [0.25, 0.3) is 10.9 Å². The van der Waals surface area contributed by atoms with Crippen molar-refractivity contribution in [2.75, 3.05) is 6.54 Å². The van der Waals surface area contributed by atoms with E-state index < -0.39 is 12.1 Å². The maximum Gasteiger partial charge on any atom is 0.391 e. The molecule has 6 heteroatoms. The summed E-state index contributed by atoms with van der Waals surface area (Å²) >= 11 is 0. The van der Waals surface area contributed by atoms with Gasteiger partial charge in [-0.2, -0.15) is 13.2 Å². The van der Waals surface area contributed by atoms with Crippen LogP contribution in [0.5, 0.6) is 5.75 Å². The van der Waals surface area contributed by atoms with E-state index in [1.165, 1.54) is 25.7 Å². The summed E-state index contributed by atoms with van der Waals surface area (Å²) in [4.78, 5) is 7.39. The predicted molar refractivity (Wildman–Crippen MR) is 113 cm³/mol. The summed E-state index contributed by atoms with van der Waals surface area (Å²) in [5.41, 5.74) is 2.02. The summed E-state index contributed by atoms with van der Waals surface area (Å²) in [6.07, 6.45) is 2.03. The number of fused-ring (bicyclic) bond motifs is 1. The van der Waals surface area contributed by atoms with Gasteiger partial charge in [-0.3, -0.25) is 9.88 Å². The molecule has 2 fully saturated rings. The number of hydrogen-bond acceptors (Lipinski definition) is 3. The van der Waals surface area contributed by atoms with E-state index in [9.17, 15) is 13.2 Å². The number of alkyl halides is 3. The first-order chi connectivity index (χ1) is 14.4. The van der Waals surface area contributed by atoms with Crippen molar-refractivity contribution in [3.05, 3.63) is 36.0 Å². The molecule has 30 heavy (non-hydrogen) atoms. The Balaban J connectivity index is 1.39. The van der Waals surface area contributed by atoms with Gasteiger partial charge in [0.25, 0.3) is 0 Å². The predicted octanol–water partition coefficient (Wildman–Crippen LogP) is 6.50. The highest BCUT2D eigenvalue weighted by Crippen LogP contribution is 2.38. The molecular weight excluding hydrogens is 389 g/mol. The Kier molecular flexibility index (Phi) is 6.51. The third-order valence-corrected chi connectivity index (χ3v) is 6.74. The zero-order valence-electron chi connectivity index (χ0n) is 17.6. The highest BCUT2D eigenvalue weighted by molar-refractivity contribution is 5.80. The molecule has 4 rings (SSSR count). The molecule has 2 aromatic rings. The van der Waals surface area contributed by atoms with E-state index in [2.05, 4.69) is 24.0 Å². The molecule has 0 bridgehead atoms. The Bertz CT molecular complexity index is 846. The minimum Gasteiger partial charge on any atom is -0.490 e. The van der Waals surface area contributed by atoms with E-state index in [1.54, 1.807) is 0 Å². The highest BCUT2D eigenvalue weighted by Gasteiger charge is 2.41. The van der Waals surface area contributed by atoms with Crippen LogP contribution in [0.15, 0.2) is 30.3 Å². The van der Waals surface area contributed by atoms with Gasteiger partial charge < -0.3 is 4.74 Å². The minimum atomic E-state index is -4.08. The second-order valence-electron chi connectivity index (χ2n) is 8.82. The third kappa shape index (κ3) is 5.08. The van der Waals surface area contributed by atoms with Gasteiger partial charge in [-0.1, -0.05) is 19.4 Å². The highest BCUT2D eigenvalue weighted by atomic mass is 19.4. The fraction of sp³-hybridized carbons (Fsp3) is 0.625. The molecule has 2 aliphatic rings. The monoisotopic (exact) mass is 420 g/mol. The van der Waals surface area contributed by atoms with Gasteiger partial charge in [-0.05, 0) is 75.8 Å². The van der Waals surface area contributed by atoms with Crippen molar-refractivity contribution in [1.29, 1.82) is 0 Å². The van der Waals surface area contributed by atoms with Crippen molar-refractivity contribution in [2.24, 2.45) is 5.92 Å². The van der Waals surface area contributed by atoms with Gasteiger partial charge in [0.05, 0.1) is 23.2 Å². The molecule has 0 amide bonds. The van der Waals surface area contributed by atoms with Gasteiger partial charge in [0, 0.05) is 18.0 Å². The minimum absolute atomic E-state index is 0.140. The van der Waals surface area contributed by atoms with Gasteiger partial charge in [-0.25, -0.2) is 0 Å². The zero-order chi connectivity index (χ0) is 21.1. The average molecular weight is 421 g/mol. The van der Waals surface area contributed by atoms with E-state index in [0.29, 0.717) is 18.9 Å². The van der Waals surface area contributed by atoms with Crippen molar-refractivity contribution in [3.63, 3.8) is 0 Å². The molecule has 1 atom stereocenters. The molecule has 0 spiro atoms. The molecule has 1 saturated carbocycles. The van der Waals surface area contributed by atoms with Crippen LogP contribution in [0, 0.1) is 5.92 Å². The molecule has 1 aliphatic heterocycles. The van der Waals surface area contributed by atoms with E-state index in [4.69, 9.17) is 9.72 Å². The number of piperidine rings is 1. The van der Waals surface area contributed by atoms with E-state index in [1.807, 2.05) is 18.2 Å². The van der Waals surface area contributed by atoms with Gasteiger partial charge in [0.1, 0.15) is 5.75 Å². The Labute approximate surface area is 176 Å². The van der Waals surface area contributed by atoms with Gasteiger partial charge >= 0.3 is 6.18 Å². The topological polar surface area (TPSA) is 25.4 Å². The smallest absolute Gasteiger partial charge is 0.391 e. The first-order valence-electron chi connectivity index (χ1n) is 11.3. The lowest BCUT2D eigenvalue weighted by molar-refractivity contribution is -0.185. The summed E-state index contributed by atoms with van der Waals surface area (Å²) in [6, 6.07) is 10.6. The number of likely N-dealkylation sites (tertiary alicyclic amines) is 1. The van der Waals surface area contributed by atoms with Gasteiger partial charge in [0.2, 0.25) is 0 Å². The number of halogens is 3. The van der Waals surface area contributed by atoms with Crippen molar-refractivity contribution in [3.8, 4) is 5.75 Å².